The van der Waals surface area contributed by atoms with Gasteiger partial charge in [0.25, 0.3) is 0 Å². The van der Waals surface area contributed by atoms with Gasteiger partial charge in [0.05, 0.1) is 0 Å². The standard InChI is InChI=1S/C18H19ClN2O/c1-21(11-9-13-6-4-5-10-20-13)18(22)16-12-15(16)14-7-2-3-8-17(14)19/h2-8,10,15-16H,9,11-12H2,1H3. The van der Waals surface area contributed by atoms with Crippen molar-refractivity contribution in [2.75, 3.05) is 13.6 Å². The van der Waals surface area contributed by atoms with Crippen LogP contribution in [0.4, 0.5) is 0 Å². The second-order valence-electron chi connectivity index (χ2n) is 5.80. The molecule has 1 fully saturated rings. The van der Waals surface area contributed by atoms with Crippen LogP contribution in [-0.2, 0) is 11.2 Å². The molecule has 0 saturated heterocycles. The molecule has 1 heterocycles. The first-order chi connectivity index (χ1) is 10.7. The summed E-state index contributed by atoms with van der Waals surface area (Å²) in [6, 6.07) is 13.7. The molecule has 1 aromatic carbocycles. The molecule has 1 amide bonds. The quantitative estimate of drug-likeness (QED) is 0.845. The lowest BCUT2D eigenvalue weighted by atomic mass is 10.1. The number of aromatic nitrogens is 1. The monoisotopic (exact) mass is 314 g/mol. The Morgan fingerprint density at radius 3 is 2.77 bits per heavy atom. The van der Waals surface area contributed by atoms with Gasteiger partial charge in [-0.25, -0.2) is 0 Å². The average molecular weight is 315 g/mol. The van der Waals surface area contributed by atoms with Gasteiger partial charge in [0, 0.05) is 42.8 Å². The highest BCUT2D eigenvalue weighted by atomic mass is 35.5. The normalized spacial score (nSPS) is 19.7. The van der Waals surface area contributed by atoms with Crippen molar-refractivity contribution in [3.63, 3.8) is 0 Å². The van der Waals surface area contributed by atoms with Gasteiger partial charge >= 0.3 is 0 Å². The van der Waals surface area contributed by atoms with Crippen LogP contribution in [-0.4, -0.2) is 29.4 Å². The van der Waals surface area contributed by atoms with Crippen LogP contribution >= 0.6 is 11.6 Å². The highest BCUT2D eigenvalue weighted by molar-refractivity contribution is 6.31. The van der Waals surface area contributed by atoms with Gasteiger partial charge in [-0.1, -0.05) is 35.9 Å². The molecule has 2 atom stereocenters. The molecule has 114 valence electrons. The van der Waals surface area contributed by atoms with E-state index in [2.05, 4.69) is 4.98 Å². The predicted octanol–water partition coefficient (Wildman–Crippen LogP) is 3.54. The molecule has 2 aromatic rings. The van der Waals surface area contributed by atoms with Crippen molar-refractivity contribution in [3.05, 3.63) is 64.9 Å². The van der Waals surface area contributed by atoms with Crippen LogP contribution in [0.15, 0.2) is 48.7 Å². The lowest BCUT2D eigenvalue weighted by Crippen LogP contribution is -2.30. The molecule has 0 radical (unpaired) electrons. The molecule has 0 spiro atoms. The molecule has 1 aliphatic carbocycles. The Kier molecular flexibility index (Phi) is 4.44. The maximum absolute atomic E-state index is 12.5. The lowest BCUT2D eigenvalue weighted by Gasteiger charge is -2.17. The van der Waals surface area contributed by atoms with E-state index in [4.69, 9.17) is 11.6 Å². The Bertz CT molecular complexity index is 659. The SMILES string of the molecule is CN(CCc1ccccn1)C(=O)C1CC1c1ccccc1Cl. The maximum Gasteiger partial charge on any atom is 0.226 e. The first kappa shape index (κ1) is 15.0. The largest absolute Gasteiger partial charge is 0.345 e. The van der Waals surface area contributed by atoms with E-state index in [1.165, 1.54) is 0 Å². The molecule has 0 bridgehead atoms. The van der Waals surface area contributed by atoms with Crippen LogP contribution in [0.1, 0.15) is 23.6 Å². The Balaban J connectivity index is 1.55. The van der Waals surface area contributed by atoms with Crippen LogP contribution in [0.3, 0.4) is 0 Å². The first-order valence-electron chi connectivity index (χ1n) is 7.56. The summed E-state index contributed by atoms with van der Waals surface area (Å²) in [5.41, 5.74) is 2.11. The number of carbonyl (C=O) groups excluding carboxylic acids is 1. The number of amides is 1. The van der Waals surface area contributed by atoms with Gasteiger partial charge in [-0.2, -0.15) is 0 Å². The number of carbonyl (C=O) groups is 1. The predicted molar refractivity (Wildman–Crippen MR) is 87.9 cm³/mol. The van der Waals surface area contributed by atoms with Gasteiger partial charge in [-0.15, -0.1) is 0 Å². The fourth-order valence-electron chi connectivity index (χ4n) is 2.81. The van der Waals surface area contributed by atoms with Crippen molar-refractivity contribution in [1.29, 1.82) is 0 Å². The van der Waals surface area contributed by atoms with Crippen LogP contribution in [0, 0.1) is 5.92 Å². The summed E-state index contributed by atoms with van der Waals surface area (Å²) < 4.78 is 0. The molecular weight excluding hydrogens is 296 g/mol. The van der Waals surface area contributed by atoms with E-state index in [9.17, 15) is 4.79 Å². The third-order valence-corrected chi connectivity index (χ3v) is 4.56. The molecule has 4 heteroatoms. The van der Waals surface area contributed by atoms with Crippen molar-refractivity contribution in [2.24, 2.45) is 5.92 Å². The summed E-state index contributed by atoms with van der Waals surface area (Å²) in [6.07, 6.45) is 3.47. The molecule has 22 heavy (non-hydrogen) atoms. The topological polar surface area (TPSA) is 33.2 Å². The zero-order valence-corrected chi connectivity index (χ0v) is 13.3. The second-order valence-corrected chi connectivity index (χ2v) is 6.21. The third-order valence-electron chi connectivity index (χ3n) is 4.22. The molecule has 0 N–H and O–H groups in total. The van der Waals surface area contributed by atoms with E-state index in [1.807, 2.05) is 54.4 Å². The number of rotatable bonds is 5. The van der Waals surface area contributed by atoms with Crippen molar-refractivity contribution in [3.8, 4) is 0 Å². The molecule has 1 aliphatic rings. The number of hydrogen-bond acceptors (Lipinski definition) is 2. The van der Waals surface area contributed by atoms with E-state index in [-0.39, 0.29) is 17.7 Å². The number of pyridine rings is 1. The summed E-state index contributed by atoms with van der Waals surface area (Å²) >= 11 is 6.22. The Hall–Kier alpha value is -1.87. The van der Waals surface area contributed by atoms with Crippen LogP contribution < -0.4 is 0 Å². The van der Waals surface area contributed by atoms with Crippen LogP contribution in [0.5, 0.6) is 0 Å². The van der Waals surface area contributed by atoms with Gasteiger partial charge in [-0.05, 0) is 36.1 Å². The molecule has 3 nitrogen and oxygen atoms in total. The van der Waals surface area contributed by atoms with Crippen LogP contribution in [0.2, 0.25) is 5.02 Å². The Morgan fingerprint density at radius 1 is 1.27 bits per heavy atom. The summed E-state index contributed by atoms with van der Waals surface area (Å²) in [5, 5.41) is 0.763. The number of hydrogen-bond donors (Lipinski definition) is 0. The smallest absolute Gasteiger partial charge is 0.226 e. The summed E-state index contributed by atoms with van der Waals surface area (Å²) in [7, 11) is 1.87. The second kappa shape index (κ2) is 6.49. The summed E-state index contributed by atoms with van der Waals surface area (Å²) in [5.74, 6) is 0.563. The molecule has 2 unspecified atom stereocenters. The van der Waals surface area contributed by atoms with Gasteiger partial charge < -0.3 is 4.90 Å². The minimum atomic E-state index is 0.0774. The van der Waals surface area contributed by atoms with Crippen LogP contribution in [0.25, 0.3) is 0 Å². The van der Waals surface area contributed by atoms with E-state index in [1.54, 1.807) is 6.20 Å². The first-order valence-corrected chi connectivity index (χ1v) is 7.94. The van der Waals surface area contributed by atoms with E-state index >= 15 is 0 Å². The van der Waals surface area contributed by atoms with E-state index < -0.39 is 0 Å². The summed E-state index contributed by atoms with van der Waals surface area (Å²) in [6.45, 7) is 0.696. The van der Waals surface area contributed by atoms with E-state index in [0.717, 1.165) is 29.1 Å². The van der Waals surface area contributed by atoms with Gasteiger partial charge in [0.2, 0.25) is 5.91 Å². The lowest BCUT2D eigenvalue weighted by molar-refractivity contribution is -0.131. The van der Waals surface area contributed by atoms with Gasteiger partial charge in [-0.3, -0.25) is 9.78 Å². The zero-order chi connectivity index (χ0) is 15.5. The molecular formula is C18H19ClN2O. The number of halogens is 1. The Labute approximate surface area is 135 Å². The minimum Gasteiger partial charge on any atom is -0.345 e. The van der Waals surface area contributed by atoms with Crippen molar-refractivity contribution >= 4 is 17.5 Å². The highest BCUT2D eigenvalue weighted by Crippen LogP contribution is 2.50. The van der Waals surface area contributed by atoms with Crippen molar-refractivity contribution in [1.82, 2.24) is 9.88 Å². The third kappa shape index (κ3) is 3.30. The number of benzene rings is 1. The average Bonchev–Trinajstić information content (AvgIpc) is 3.33. The fraction of sp³-hybridized carbons (Fsp3) is 0.333. The zero-order valence-electron chi connectivity index (χ0n) is 12.6. The Morgan fingerprint density at radius 2 is 2.05 bits per heavy atom. The summed E-state index contributed by atoms with van der Waals surface area (Å²) in [4.78, 5) is 18.6. The fourth-order valence-corrected chi connectivity index (χ4v) is 3.08. The minimum absolute atomic E-state index is 0.0774. The molecule has 3 rings (SSSR count). The molecule has 1 aromatic heterocycles. The van der Waals surface area contributed by atoms with Crippen molar-refractivity contribution < 1.29 is 4.79 Å². The number of likely N-dealkylation sites (N-methyl/N-ethyl adjacent to an activating group) is 1. The molecule has 0 aliphatic heterocycles. The van der Waals surface area contributed by atoms with Gasteiger partial charge in [0.15, 0.2) is 0 Å². The molecule has 1 saturated carbocycles. The number of nitrogens with zero attached hydrogens (tertiary/aromatic N) is 2. The van der Waals surface area contributed by atoms with E-state index in [0.29, 0.717) is 6.54 Å². The van der Waals surface area contributed by atoms with Crippen molar-refractivity contribution in [2.45, 2.75) is 18.8 Å². The highest BCUT2D eigenvalue weighted by Gasteiger charge is 2.45. The van der Waals surface area contributed by atoms with Gasteiger partial charge in [0.1, 0.15) is 0 Å². The maximum atomic E-state index is 12.5.